The molecule has 3 N–H and O–H groups in total. The smallest absolute Gasteiger partial charge is 0.107 e. The van der Waals surface area contributed by atoms with Crippen LogP contribution in [-0.2, 0) is 6.42 Å². The van der Waals surface area contributed by atoms with Crippen molar-refractivity contribution in [3.8, 4) is 0 Å². The van der Waals surface area contributed by atoms with Crippen LogP contribution in [0.4, 0.5) is 0 Å². The summed E-state index contributed by atoms with van der Waals surface area (Å²) in [7, 11) is 0. The average molecular weight is 345 g/mol. The van der Waals surface area contributed by atoms with Gasteiger partial charge in [-0.15, -0.1) is 0 Å². The molecule has 0 fully saturated rings. The molecule has 0 aliphatic rings. The zero-order valence-corrected chi connectivity index (χ0v) is 11.6. The Morgan fingerprint density at radius 1 is 1.38 bits per heavy atom. The lowest BCUT2D eigenvalue weighted by molar-refractivity contribution is 0.691. The molecule has 0 radical (unpaired) electrons. The van der Waals surface area contributed by atoms with E-state index >= 15 is 0 Å². The summed E-state index contributed by atoms with van der Waals surface area (Å²) in [5.41, 5.74) is 7.22. The first kappa shape index (κ1) is 11.8. The highest BCUT2D eigenvalue weighted by Gasteiger charge is 2.12. The lowest BCUT2D eigenvalue weighted by Gasteiger charge is -2.13. The van der Waals surface area contributed by atoms with E-state index in [-0.39, 0.29) is 6.04 Å². The number of hydrogen-bond donors (Lipinski definition) is 2. The molecule has 2 rings (SSSR count). The third-order valence-electron chi connectivity index (χ3n) is 2.33. The quantitative estimate of drug-likeness (QED) is 0.898. The molecule has 3 nitrogen and oxygen atoms in total. The van der Waals surface area contributed by atoms with Crippen molar-refractivity contribution in [3.63, 3.8) is 0 Å². The normalized spacial score (nSPS) is 12.7. The van der Waals surface area contributed by atoms with Gasteiger partial charge in [0.2, 0.25) is 0 Å². The van der Waals surface area contributed by atoms with Gasteiger partial charge in [0.15, 0.2) is 0 Å². The van der Waals surface area contributed by atoms with Gasteiger partial charge in [-0.1, -0.05) is 31.9 Å². The van der Waals surface area contributed by atoms with Crippen LogP contribution in [0.15, 0.2) is 39.5 Å². The molecule has 1 heterocycles. The van der Waals surface area contributed by atoms with Crippen molar-refractivity contribution < 1.29 is 0 Å². The first-order valence-corrected chi connectivity index (χ1v) is 6.44. The van der Waals surface area contributed by atoms with Gasteiger partial charge >= 0.3 is 0 Å². The Kier molecular flexibility index (Phi) is 3.78. The van der Waals surface area contributed by atoms with Gasteiger partial charge in [-0.3, -0.25) is 0 Å². The SMILES string of the molecule is NC(Cc1ncc[nH]1)c1cc(Br)ccc1Br. The van der Waals surface area contributed by atoms with Crippen LogP contribution in [-0.4, -0.2) is 9.97 Å². The molecular weight excluding hydrogens is 334 g/mol. The van der Waals surface area contributed by atoms with E-state index in [2.05, 4.69) is 41.8 Å². The van der Waals surface area contributed by atoms with Crippen LogP contribution in [0, 0.1) is 0 Å². The zero-order valence-electron chi connectivity index (χ0n) is 8.45. The van der Waals surface area contributed by atoms with E-state index in [1.165, 1.54) is 0 Å². The van der Waals surface area contributed by atoms with Crippen LogP contribution >= 0.6 is 31.9 Å². The summed E-state index contributed by atoms with van der Waals surface area (Å²) in [6.07, 6.45) is 4.23. The van der Waals surface area contributed by atoms with Gasteiger partial charge in [0, 0.05) is 33.8 Å². The second kappa shape index (κ2) is 5.12. The molecule has 0 aliphatic carbocycles. The van der Waals surface area contributed by atoms with Crippen molar-refractivity contribution in [2.24, 2.45) is 5.73 Å². The topological polar surface area (TPSA) is 54.7 Å². The number of nitrogens with zero attached hydrogens (tertiary/aromatic N) is 1. The number of halogens is 2. The summed E-state index contributed by atoms with van der Waals surface area (Å²) in [6, 6.07) is 5.92. The van der Waals surface area contributed by atoms with Crippen molar-refractivity contribution in [1.82, 2.24) is 9.97 Å². The third-order valence-corrected chi connectivity index (χ3v) is 3.54. The maximum absolute atomic E-state index is 6.15. The van der Waals surface area contributed by atoms with Crippen LogP contribution < -0.4 is 5.73 Å². The van der Waals surface area contributed by atoms with Gasteiger partial charge in [0.25, 0.3) is 0 Å². The highest BCUT2D eigenvalue weighted by molar-refractivity contribution is 9.11. The Labute approximate surface area is 111 Å². The summed E-state index contributed by atoms with van der Waals surface area (Å²) >= 11 is 6.95. The fraction of sp³-hybridized carbons (Fsp3) is 0.182. The van der Waals surface area contributed by atoms with Crippen molar-refractivity contribution >= 4 is 31.9 Å². The molecule has 16 heavy (non-hydrogen) atoms. The zero-order chi connectivity index (χ0) is 11.5. The molecule has 1 aromatic heterocycles. The Morgan fingerprint density at radius 2 is 2.19 bits per heavy atom. The Bertz CT molecular complexity index is 468. The number of aromatic nitrogens is 2. The number of nitrogens with two attached hydrogens (primary N) is 1. The minimum absolute atomic E-state index is 0.0713. The predicted molar refractivity (Wildman–Crippen MR) is 71.1 cm³/mol. The molecule has 1 atom stereocenters. The highest BCUT2D eigenvalue weighted by Crippen LogP contribution is 2.27. The minimum Gasteiger partial charge on any atom is -0.349 e. The van der Waals surface area contributed by atoms with E-state index in [9.17, 15) is 0 Å². The molecule has 2 aromatic rings. The summed E-state index contributed by atoms with van der Waals surface area (Å²) in [5.74, 6) is 0.902. The van der Waals surface area contributed by atoms with Crippen LogP contribution in [0.25, 0.3) is 0 Å². The molecule has 0 saturated heterocycles. The summed E-state index contributed by atoms with van der Waals surface area (Å²) in [5, 5.41) is 0. The maximum Gasteiger partial charge on any atom is 0.107 e. The van der Waals surface area contributed by atoms with Crippen molar-refractivity contribution in [1.29, 1.82) is 0 Å². The lowest BCUT2D eigenvalue weighted by atomic mass is 10.0. The highest BCUT2D eigenvalue weighted by atomic mass is 79.9. The molecule has 0 spiro atoms. The number of imidazole rings is 1. The molecule has 0 amide bonds. The van der Waals surface area contributed by atoms with Crippen molar-refractivity contribution in [3.05, 3.63) is 50.9 Å². The third kappa shape index (κ3) is 2.72. The molecule has 5 heteroatoms. The van der Waals surface area contributed by atoms with E-state index in [0.717, 1.165) is 20.3 Å². The van der Waals surface area contributed by atoms with E-state index in [1.54, 1.807) is 12.4 Å². The monoisotopic (exact) mass is 343 g/mol. The van der Waals surface area contributed by atoms with Crippen LogP contribution in [0.3, 0.4) is 0 Å². The second-order valence-corrected chi connectivity index (χ2v) is 5.28. The van der Waals surface area contributed by atoms with Crippen molar-refractivity contribution in [2.45, 2.75) is 12.5 Å². The molecule has 0 saturated carbocycles. The fourth-order valence-electron chi connectivity index (χ4n) is 1.53. The molecule has 0 bridgehead atoms. The number of rotatable bonds is 3. The van der Waals surface area contributed by atoms with E-state index < -0.39 is 0 Å². The second-order valence-electron chi connectivity index (χ2n) is 3.51. The summed E-state index contributed by atoms with van der Waals surface area (Å²) in [6.45, 7) is 0. The van der Waals surface area contributed by atoms with Crippen molar-refractivity contribution in [2.75, 3.05) is 0 Å². The molecule has 1 aromatic carbocycles. The summed E-state index contributed by atoms with van der Waals surface area (Å²) in [4.78, 5) is 7.22. The molecule has 0 aliphatic heterocycles. The average Bonchev–Trinajstić information content (AvgIpc) is 2.74. The fourth-order valence-corrected chi connectivity index (χ4v) is 2.45. The van der Waals surface area contributed by atoms with Gasteiger partial charge in [0.1, 0.15) is 5.82 Å². The predicted octanol–water partition coefficient (Wildman–Crippen LogP) is 3.18. The summed E-state index contributed by atoms with van der Waals surface area (Å²) < 4.78 is 2.05. The Morgan fingerprint density at radius 3 is 2.88 bits per heavy atom. The van der Waals surface area contributed by atoms with Crippen LogP contribution in [0.5, 0.6) is 0 Å². The standard InChI is InChI=1S/C11H11Br2N3/c12-7-1-2-9(13)8(5-7)10(14)6-11-15-3-4-16-11/h1-5,10H,6,14H2,(H,15,16). The van der Waals surface area contributed by atoms with E-state index in [1.807, 2.05) is 18.2 Å². The van der Waals surface area contributed by atoms with E-state index in [4.69, 9.17) is 5.73 Å². The lowest BCUT2D eigenvalue weighted by Crippen LogP contribution is -2.14. The maximum atomic E-state index is 6.15. The van der Waals surface area contributed by atoms with Gasteiger partial charge in [0.05, 0.1) is 0 Å². The Balaban J connectivity index is 2.20. The number of aromatic amines is 1. The number of hydrogen-bond acceptors (Lipinski definition) is 2. The number of H-pyrrole nitrogens is 1. The first-order valence-electron chi connectivity index (χ1n) is 4.85. The number of nitrogens with one attached hydrogen (secondary N) is 1. The van der Waals surface area contributed by atoms with Crippen LogP contribution in [0.2, 0.25) is 0 Å². The minimum atomic E-state index is -0.0713. The van der Waals surface area contributed by atoms with Gasteiger partial charge < -0.3 is 10.7 Å². The van der Waals surface area contributed by atoms with Crippen LogP contribution in [0.1, 0.15) is 17.4 Å². The van der Waals surface area contributed by atoms with Gasteiger partial charge in [-0.25, -0.2) is 4.98 Å². The Hall–Kier alpha value is -0.650. The molecular formula is C11H11Br2N3. The van der Waals surface area contributed by atoms with Gasteiger partial charge in [-0.2, -0.15) is 0 Å². The largest absolute Gasteiger partial charge is 0.349 e. The molecule has 84 valence electrons. The van der Waals surface area contributed by atoms with E-state index in [0.29, 0.717) is 6.42 Å². The first-order chi connectivity index (χ1) is 7.66. The number of benzene rings is 1. The van der Waals surface area contributed by atoms with Gasteiger partial charge in [-0.05, 0) is 23.8 Å². The molecule has 1 unspecified atom stereocenters.